The molecule has 0 bridgehead atoms. The fourth-order valence-electron chi connectivity index (χ4n) is 5.33. The minimum atomic E-state index is -4.64. The van der Waals surface area contributed by atoms with Gasteiger partial charge in [-0.3, -0.25) is 14.5 Å². The minimum absolute atomic E-state index is 0.0309. The first kappa shape index (κ1) is 25.3. The maximum Gasteiger partial charge on any atom is 0.420 e. The van der Waals surface area contributed by atoms with Crippen molar-refractivity contribution >= 4 is 22.7 Å². The Labute approximate surface area is 201 Å². The molecule has 1 heterocycles. The molecule has 0 amide bonds. The van der Waals surface area contributed by atoms with Crippen LogP contribution in [0.15, 0.2) is 30.3 Å². The average Bonchev–Trinajstić information content (AvgIpc) is 2.80. The topological polar surface area (TPSA) is 87.1 Å². The van der Waals surface area contributed by atoms with Crippen LogP contribution in [0.1, 0.15) is 62.6 Å². The van der Waals surface area contributed by atoms with Gasteiger partial charge in [0.25, 0.3) is 0 Å². The van der Waals surface area contributed by atoms with E-state index in [1.54, 1.807) is 11.0 Å². The highest BCUT2D eigenvalue weighted by molar-refractivity contribution is 5.90. The number of carboxylic acid groups (broad SMARTS) is 2. The van der Waals surface area contributed by atoms with E-state index in [9.17, 15) is 33.0 Å². The molecule has 9 heteroatoms. The fourth-order valence-corrected chi connectivity index (χ4v) is 5.33. The lowest BCUT2D eigenvalue weighted by Crippen LogP contribution is -2.41. The van der Waals surface area contributed by atoms with Crippen molar-refractivity contribution in [2.75, 3.05) is 13.1 Å². The summed E-state index contributed by atoms with van der Waals surface area (Å²) in [5.41, 5.74) is -0.476. The summed E-state index contributed by atoms with van der Waals surface area (Å²) in [6.07, 6.45) is -0.968. The van der Waals surface area contributed by atoms with E-state index in [4.69, 9.17) is 4.74 Å². The lowest BCUT2D eigenvalue weighted by Gasteiger charge is -2.34. The first-order valence-corrected chi connectivity index (χ1v) is 12.0. The van der Waals surface area contributed by atoms with Crippen molar-refractivity contribution in [2.24, 2.45) is 11.8 Å². The number of rotatable bonds is 6. The molecule has 1 atom stereocenters. The van der Waals surface area contributed by atoms with Crippen LogP contribution in [0.4, 0.5) is 13.2 Å². The van der Waals surface area contributed by atoms with Gasteiger partial charge >= 0.3 is 18.1 Å². The summed E-state index contributed by atoms with van der Waals surface area (Å²) < 4.78 is 48.3. The van der Waals surface area contributed by atoms with E-state index in [-0.39, 0.29) is 35.7 Å². The smallest absolute Gasteiger partial charge is 0.420 e. The van der Waals surface area contributed by atoms with E-state index < -0.39 is 35.6 Å². The Kier molecular flexibility index (Phi) is 7.26. The lowest BCUT2D eigenvalue weighted by atomic mass is 9.89. The van der Waals surface area contributed by atoms with Gasteiger partial charge in [-0.2, -0.15) is 13.2 Å². The zero-order chi connectivity index (χ0) is 25.3. The van der Waals surface area contributed by atoms with Crippen molar-refractivity contribution in [1.82, 2.24) is 4.90 Å². The fraction of sp³-hybridized carbons (Fsp3) is 0.538. The molecule has 190 valence electrons. The Balaban J connectivity index is 1.65. The molecule has 2 aliphatic rings. The third-order valence-corrected chi connectivity index (χ3v) is 7.34. The highest BCUT2D eigenvalue weighted by atomic mass is 19.4. The Bertz CT molecular complexity index is 1090. The molecule has 1 aliphatic heterocycles. The summed E-state index contributed by atoms with van der Waals surface area (Å²) in [5.74, 6) is -2.19. The van der Waals surface area contributed by atoms with Gasteiger partial charge in [0.05, 0.1) is 12.0 Å². The van der Waals surface area contributed by atoms with Crippen molar-refractivity contribution in [3.8, 4) is 5.75 Å². The van der Waals surface area contributed by atoms with Crippen molar-refractivity contribution < 1.29 is 37.7 Å². The number of carboxylic acids is 2. The largest absolute Gasteiger partial charge is 0.490 e. The molecule has 2 fully saturated rings. The number of fused-ring (bicyclic) bond motifs is 1. The predicted molar refractivity (Wildman–Crippen MR) is 123 cm³/mol. The summed E-state index contributed by atoms with van der Waals surface area (Å²) in [6, 6.07) is 6.04. The maximum atomic E-state index is 14.1. The van der Waals surface area contributed by atoms with Crippen LogP contribution in [0.2, 0.25) is 0 Å². The molecule has 0 spiro atoms. The first-order chi connectivity index (χ1) is 16.5. The van der Waals surface area contributed by atoms with Gasteiger partial charge < -0.3 is 14.9 Å². The van der Waals surface area contributed by atoms with E-state index in [2.05, 4.69) is 6.92 Å². The predicted octanol–water partition coefficient (Wildman–Crippen LogP) is 5.74. The molecule has 4 rings (SSSR count). The van der Waals surface area contributed by atoms with Gasteiger partial charge in [-0.05, 0) is 72.9 Å². The highest BCUT2D eigenvalue weighted by Crippen LogP contribution is 2.43. The molecule has 1 saturated carbocycles. The van der Waals surface area contributed by atoms with Crippen LogP contribution in [0, 0.1) is 11.8 Å². The minimum Gasteiger partial charge on any atom is -0.490 e. The second-order valence-electron chi connectivity index (χ2n) is 9.81. The quantitative estimate of drug-likeness (QED) is 0.534. The van der Waals surface area contributed by atoms with Crippen LogP contribution >= 0.6 is 0 Å². The van der Waals surface area contributed by atoms with Crippen LogP contribution < -0.4 is 4.74 Å². The molecule has 1 saturated heterocycles. The van der Waals surface area contributed by atoms with Crippen LogP contribution in [-0.4, -0.2) is 46.2 Å². The van der Waals surface area contributed by atoms with Gasteiger partial charge in [0.1, 0.15) is 17.4 Å². The Morgan fingerprint density at radius 3 is 2.23 bits per heavy atom. The zero-order valence-corrected chi connectivity index (χ0v) is 19.6. The van der Waals surface area contributed by atoms with Crippen molar-refractivity contribution in [3.05, 3.63) is 41.5 Å². The van der Waals surface area contributed by atoms with Crippen molar-refractivity contribution in [2.45, 2.75) is 63.8 Å². The molecular formula is C26H30F3NO5. The number of nitrogens with zero attached hydrogens (tertiary/aromatic N) is 1. The molecule has 2 aromatic rings. The molecule has 2 aromatic carbocycles. The Morgan fingerprint density at radius 2 is 1.66 bits per heavy atom. The van der Waals surface area contributed by atoms with Crippen LogP contribution in [0.25, 0.3) is 10.8 Å². The average molecular weight is 494 g/mol. The number of halogens is 3. The van der Waals surface area contributed by atoms with Crippen molar-refractivity contribution in [3.63, 3.8) is 0 Å². The Morgan fingerprint density at radius 1 is 1.00 bits per heavy atom. The van der Waals surface area contributed by atoms with E-state index in [0.717, 1.165) is 12.8 Å². The number of carbonyl (C=O) groups is 2. The third kappa shape index (κ3) is 5.55. The second kappa shape index (κ2) is 10.0. The van der Waals surface area contributed by atoms with Gasteiger partial charge in [-0.15, -0.1) is 0 Å². The number of aliphatic carboxylic acids is 2. The van der Waals surface area contributed by atoms with Crippen LogP contribution in [0.5, 0.6) is 5.75 Å². The summed E-state index contributed by atoms with van der Waals surface area (Å²) in [4.78, 5) is 25.0. The molecule has 0 aromatic heterocycles. The molecule has 0 radical (unpaired) electrons. The highest BCUT2D eigenvalue weighted by Gasteiger charge is 2.38. The molecule has 1 unspecified atom stereocenters. The molecule has 1 aliphatic carbocycles. The van der Waals surface area contributed by atoms with Crippen molar-refractivity contribution in [1.29, 1.82) is 0 Å². The third-order valence-electron chi connectivity index (χ3n) is 7.34. The SMILES string of the molecule is C[C@H]1CC[C@@H](Oc2ccc3cc(C(C(=O)O)N4CCC(C(=O)O)CC4)ccc3c2C(F)(F)F)CC1. The molecule has 35 heavy (non-hydrogen) atoms. The van der Waals surface area contributed by atoms with Gasteiger partial charge in [0, 0.05) is 13.1 Å². The van der Waals surface area contributed by atoms with E-state index in [1.165, 1.54) is 24.3 Å². The van der Waals surface area contributed by atoms with E-state index in [1.807, 2.05) is 0 Å². The molecule has 6 nitrogen and oxygen atoms in total. The standard InChI is InChI=1S/C26H30F3NO5/c1-15-2-6-19(7-3-15)35-21-9-5-17-14-18(4-8-20(17)22(21)26(27,28)29)23(25(33)34)30-12-10-16(11-13-30)24(31)32/h4-5,8-9,14-16,19,23H,2-3,6-7,10-13H2,1H3,(H,31,32)(H,33,34)/t15-,19+,23?. The zero-order valence-electron chi connectivity index (χ0n) is 19.6. The van der Waals surface area contributed by atoms with Gasteiger partial charge in [0.15, 0.2) is 0 Å². The summed E-state index contributed by atoms with van der Waals surface area (Å²) in [5, 5.41) is 19.3. The van der Waals surface area contributed by atoms with E-state index >= 15 is 0 Å². The number of ether oxygens (including phenoxy) is 1. The normalized spacial score (nSPS) is 23.2. The summed E-state index contributed by atoms with van der Waals surface area (Å²) in [7, 11) is 0. The van der Waals surface area contributed by atoms with Crippen LogP contribution in [0.3, 0.4) is 0 Å². The monoisotopic (exact) mass is 493 g/mol. The number of hydrogen-bond acceptors (Lipinski definition) is 4. The van der Waals surface area contributed by atoms with Crippen LogP contribution in [-0.2, 0) is 15.8 Å². The maximum absolute atomic E-state index is 14.1. The molecule has 2 N–H and O–H groups in total. The van der Waals surface area contributed by atoms with Gasteiger partial charge in [-0.1, -0.05) is 25.1 Å². The van der Waals surface area contributed by atoms with E-state index in [0.29, 0.717) is 37.2 Å². The number of likely N-dealkylation sites (tertiary alicyclic amines) is 1. The number of benzene rings is 2. The summed E-state index contributed by atoms with van der Waals surface area (Å²) in [6.45, 7) is 2.70. The summed E-state index contributed by atoms with van der Waals surface area (Å²) >= 11 is 0. The lowest BCUT2D eigenvalue weighted by molar-refractivity contribution is -0.146. The Hall–Kier alpha value is -2.81. The second-order valence-corrected chi connectivity index (χ2v) is 9.81. The number of alkyl halides is 3. The number of piperidine rings is 1. The van der Waals surface area contributed by atoms with Gasteiger partial charge in [-0.25, -0.2) is 0 Å². The first-order valence-electron chi connectivity index (χ1n) is 12.0. The van der Waals surface area contributed by atoms with Gasteiger partial charge in [0.2, 0.25) is 0 Å². The molecular weight excluding hydrogens is 463 g/mol. The number of hydrogen-bond donors (Lipinski definition) is 2.